The largest absolute Gasteiger partial charge is 0.496 e. The molecule has 0 fully saturated rings. The second-order valence-corrected chi connectivity index (χ2v) is 4.92. The molecule has 0 aromatic heterocycles. The Morgan fingerprint density at radius 3 is 2.63 bits per heavy atom. The maximum Gasteiger partial charge on any atom is 0.122 e. The van der Waals surface area contributed by atoms with Crippen LogP contribution in [0, 0.1) is 0 Å². The SMILES string of the molecule is COCCCCCNC(C)Cc1ccccc1OC. The van der Waals surface area contributed by atoms with Gasteiger partial charge in [0.15, 0.2) is 0 Å². The first-order valence-corrected chi connectivity index (χ1v) is 7.12. The van der Waals surface area contributed by atoms with E-state index in [1.807, 2.05) is 12.1 Å². The van der Waals surface area contributed by atoms with Gasteiger partial charge in [0, 0.05) is 19.8 Å². The Kier molecular flexibility index (Phi) is 8.26. The Labute approximate surface area is 117 Å². The van der Waals surface area contributed by atoms with Crippen LogP contribution in [0.1, 0.15) is 31.7 Å². The van der Waals surface area contributed by atoms with E-state index in [1.165, 1.54) is 18.4 Å². The van der Waals surface area contributed by atoms with Crippen molar-refractivity contribution in [1.29, 1.82) is 0 Å². The first kappa shape index (κ1) is 16.0. The van der Waals surface area contributed by atoms with Gasteiger partial charge in [-0.2, -0.15) is 0 Å². The summed E-state index contributed by atoms with van der Waals surface area (Å²) in [6.45, 7) is 4.17. The number of unbranched alkanes of at least 4 members (excludes halogenated alkanes) is 2. The molecule has 0 aliphatic heterocycles. The second kappa shape index (κ2) is 9.82. The third-order valence-corrected chi connectivity index (χ3v) is 3.24. The van der Waals surface area contributed by atoms with Crippen LogP contribution in [0.4, 0.5) is 0 Å². The Balaban J connectivity index is 2.21. The number of nitrogens with one attached hydrogen (secondary N) is 1. The van der Waals surface area contributed by atoms with Crippen molar-refractivity contribution in [1.82, 2.24) is 5.32 Å². The van der Waals surface area contributed by atoms with E-state index in [0.717, 1.165) is 31.7 Å². The second-order valence-electron chi connectivity index (χ2n) is 4.92. The molecule has 0 aliphatic rings. The van der Waals surface area contributed by atoms with Gasteiger partial charge in [0.05, 0.1) is 7.11 Å². The van der Waals surface area contributed by atoms with E-state index in [-0.39, 0.29) is 0 Å². The summed E-state index contributed by atoms with van der Waals surface area (Å²) >= 11 is 0. The van der Waals surface area contributed by atoms with Gasteiger partial charge in [-0.15, -0.1) is 0 Å². The molecule has 0 saturated heterocycles. The lowest BCUT2D eigenvalue weighted by atomic mass is 10.1. The highest BCUT2D eigenvalue weighted by Crippen LogP contribution is 2.18. The van der Waals surface area contributed by atoms with Crippen molar-refractivity contribution in [3.05, 3.63) is 29.8 Å². The number of rotatable bonds is 10. The van der Waals surface area contributed by atoms with Gasteiger partial charge in [-0.3, -0.25) is 0 Å². The molecule has 108 valence electrons. The van der Waals surface area contributed by atoms with Crippen molar-refractivity contribution in [2.75, 3.05) is 27.4 Å². The van der Waals surface area contributed by atoms with E-state index in [4.69, 9.17) is 9.47 Å². The van der Waals surface area contributed by atoms with Crippen LogP contribution in [0.3, 0.4) is 0 Å². The predicted molar refractivity (Wildman–Crippen MR) is 79.9 cm³/mol. The summed E-state index contributed by atoms with van der Waals surface area (Å²) in [6, 6.07) is 8.70. The van der Waals surface area contributed by atoms with Gasteiger partial charge >= 0.3 is 0 Å². The molecular formula is C16H27NO2. The summed E-state index contributed by atoms with van der Waals surface area (Å²) in [5, 5.41) is 3.56. The number of ether oxygens (including phenoxy) is 2. The molecule has 1 N–H and O–H groups in total. The third kappa shape index (κ3) is 6.60. The molecule has 0 radical (unpaired) electrons. The average molecular weight is 265 g/mol. The summed E-state index contributed by atoms with van der Waals surface area (Å²) in [5.41, 5.74) is 1.27. The van der Waals surface area contributed by atoms with Crippen LogP contribution >= 0.6 is 0 Å². The van der Waals surface area contributed by atoms with Crippen LogP contribution < -0.4 is 10.1 Å². The lowest BCUT2D eigenvalue weighted by Crippen LogP contribution is -2.29. The first-order chi connectivity index (χ1) is 9.27. The molecule has 19 heavy (non-hydrogen) atoms. The standard InChI is InChI=1S/C16H27NO2/c1-14(17-11-7-4-8-12-18-2)13-15-9-5-6-10-16(15)19-3/h5-6,9-10,14,17H,4,7-8,11-13H2,1-3H3. The zero-order valence-corrected chi connectivity index (χ0v) is 12.4. The number of hydrogen-bond donors (Lipinski definition) is 1. The van der Waals surface area contributed by atoms with Gasteiger partial charge in [-0.1, -0.05) is 18.2 Å². The maximum absolute atomic E-state index is 5.37. The molecule has 1 rings (SSSR count). The fourth-order valence-electron chi connectivity index (χ4n) is 2.17. The van der Waals surface area contributed by atoms with Crippen LogP contribution in [-0.4, -0.2) is 33.4 Å². The van der Waals surface area contributed by atoms with Gasteiger partial charge < -0.3 is 14.8 Å². The van der Waals surface area contributed by atoms with E-state index >= 15 is 0 Å². The van der Waals surface area contributed by atoms with E-state index < -0.39 is 0 Å². The van der Waals surface area contributed by atoms with Gasteiger partial charge in [0.1, 0.15) is 5.75 Å². The monoisotopic (exact) mass is 265 g/mol. The molecule has 0 aliphatic carbocycles. The smallest absolute Gasteiger partial charge is 0.122 e. The Bertz CT molecular complexity index is 341. The van der Waals surface area contributed by atoms with E-state index in [0.29, 0.717) is 6.04 Å². The van der Waals surface area contributed by atoms with Gasteiger partial charge in [0.25, 0.3) is 0 Å². The molecule has 3 heteroatoms. The molecule has 0 heterocycles. The molecule has 1 atom stereocenters. The molecule has 1 aromatic carbocycles. The summed E-state index contributed by atoms with van der Waals surface area (Å²) in [5.74, 6) is 0.983. The van der Waals surface area contributed by atoms with Crippen molar-refractivity contribution in [2.24, 2.45) is 0 Å². The van der Waals surface area contributed by atoms with E-state index in [9.17, 15) is 0 Å². The predicted octanol–water partition coefficient (Wildman–Crippen LogP) is 3.03. The number of hydrogen-bond acceptors (Lipinski definition) is 3. The zero-order chi connectivity index (χ0) is 13.9. The Morgan fingerprint density at radius 1 is 1.11 bits per heavy atom. The summed E-state index contributed by atoms with van der Waals surface area (Å²) in [7, 11) is 3.49. The third-order valence-electron chi connectivity index (χ3n) is 3.24. The first-order valence-electron chi connectivity index (χ1n) is 7.12. The molecule has 0 spiro atoms. The summed E-state index contributed by atoms with van der Waals surface area (Å²) in [6.07, 6.45) is 4.59. The lowest BCUT2D eigenvalue weighted by Gasteiger charge is -2.15. The van der Waals surface area contributed by atoms with Crippen molar-refractivity contribution >= 4 is 0 Å². The van der Waals surface area contributed by atoms with E-state index in [2.05, 4.69) is 24.4 Å². The maximum atomic E-state index is 5.37. The highest BCUT2D eigenvalue weighted by Gasteiger charge is 2.06. The normalized spacial score (nSPS) is 12.4. The summed E-state index contributed by atoms with van der Waals surface area (Å²) < 4.78 is 10.4. The quantitative estimate of drug-likeness (QED) is 0.660. The average Bonchev–Trinajstić information content (AvgIpc) is 2.43. The lowest BCUT2D eigenvalue weighted by molar-refractivity contribution is 0.192. The van der Waals surface area contributed by atoms with Crippen LogP contribution in [-0.2, 0) is 11.2 Å². The highest BCUT2D eigenvalue weighted by atomic mass is 16.5. The van der Waals surface area contributed by atoms with Crippen molar-refractivity contribution in [2.45, 2.75) is 38.6 Å². The van der Waals surface area contributed by atoms with Gasteiger partial charge in [-0.25, -0.2) is 0 Å². The molecule has 3 nitrogen and oxygen atoms in total. The van der Waals surface area contributed by atoms with Crippen LogP contribution in [0.25, 0.3) is 0 Å². The molecule has 0 amide bonds. The summed E-state index contributed by atoms with van der Waals surface area (Å²) in [4.78, 5) is 0. The Hall–Kier alpha value is -1.06. The number of methoxy groups -OCH3 is 2. The minimum Gasteiger partial charge on any atom is -0.496 e. The molecule has 0 saturated carbocycles. The fourth-order valence-corrected chi connectivity index (χ4v) is 2.17. The highest BCUT2D eigenvalue weighted by molar-refractivity contribution is 5.33. The topological polar surface area (TPSA) is 30.5 Å². The Morgan fingerprint density at radius 2 is 1.89 bits per heavy atom. The fraction of sp³-hybridized carbons (Fsp3) is 0.625. The van der Waals surface area contributed by atoms with Crippen molar-refractivity contribution < 1.29 is 9.47 Å². The molecule has 1 unspecified atom stereocenters. The molecule has 1 aromatic rings. The van der Waals surface area contributed by atoms with Crippen molar-refractivity contribution in [3.63, 3.8) is 0 Å². The van der Waals surface area contributed by atoms with Crippen molar-refractivity contribution in [3.8, 4) is 5.75 Å². The minimum absolute atomic E-state index is 0.471. The van der Waals surface area contributed by atoms with Crippen LogP contribution in [0.2, 0.25) is 0 Å². The zero-order valence-electron chi connectivity index (χ0n) is 12.4. The van der Waals surface area contributed by atoms with Crippen LogP contribution in [0.15, 0.2) is 24.3 Å². The molecular weight excluding hydrogens is 238 g/mol. The molecule has 0 bridgehead atoms. The number of para-hydroxylation sites is 1. The van der Waals surface area contributed by atoms with Gasteiger partial charge in [0.2, 0.25) is 0 Å². The van der Waals surface area contributed by atoms with E-state index in [1.54, 1.807) is 14.2 Å². The van der Waals surface area contributed by atoms with Gasteiger partial charge in [-0.05, 0) is 50.8 Å². The van der Waals surface area contributed by atoms with Crippen LogP contribution in [0.5, 0.6) is 5.75 Å². The minimum atomic E-state index is 0.471. The number of benzene rings is 1.